The number of carboxylic acids is 1. The Hall–Kier alpha value is -0.0600. The monoisotopic (exact) mass is 142 g/mol. The van der Waals surface area contributed by atoms with Crippen LogP contribution in [0.1, 0.15) is 6.92 Å². The average molecular weight is 142 g/mol. The zero-order chi connectivity index (χ0) is 6.57. The van der Waals surface area contributed by atoms with Gasteiger partial charge in [0.05, 0.1) is 6.61 Å². The van der Waals surface area contributed by atoms with E-state index in [0.717, 1.165) is 0 Å². The van der Waals surface area contributed by atoms with Crippen LogP contribution >= 0.6 is 0 Å². The molecule has 0 fully saturated rings. The molecule has 0 radical (unpaired) electrons. The maximum absolute atomic E-state index is 9.92. The second-order valence-corrected chi connectivity index (χ2v) is 1.03. The van der Waals surface area contributed by atoms with Crippen LogP contribution in [-0.2, 0) is 14.3 Å². The Morgan fingerprint density at radius 3 is 2.11 bits per heavy atom. The van der Waals surface area contributed by atoms with Gasteiger partial charge < -0.3 is 9.84 Å². The molecule has 0 spiro atoms. The van der Waals surface area contributed by atoms with Crippen molar-refractivity contribution in [2.45, 2.75) is 6.92 Å². The Morgan fingerprint density at radius 1 is 1.56 bits per heavy atom. The minimum atomic E-state index is -1.55. The molecule has 48 valence electrons. The van der Waals surface area contributed by atoms with Gasteiger partial charge in [0.1, 0.15) is 0 Å². The van der Waals surface area contributed by atoms with Crippen molar-refractivity contribution in [2.24, 2.45) is 0 Å². The van der Waals surface area contributed by atoms with Crippen molar-refractivity contribution < 1.29 is 19.4 Å². The van der Waals surface area contributed by atoms with E-state index in [9.17, 15) is 9.59 Å². The first-order valence-electron chi connectivity index (χ1n) is 2.08. The number of aliphatic carboxylic acids is 1. The first kappa shape index (κ1) is 11.7. The molecule has 0 aliphatic heterocycles. The van der Waals surface area contributed by atoms with Crippen LogP contribution in [-0.4, -0.2) is 53.2 Å². The first-order chi connectivity index (χ1) is 3.68. The number of ether oxygens (including phenoxy) is 1. The van der Waals surface area contributed by atoms with Crippen LogP contribution in [0.25, 0.3) is 0 Å². The van der Waals surface area contributed by atoms with Crippen molar-refractivity contribution in [1.82, 2.24) is 0 Å². The molecule has 1 N–H and O–H groups in total. The molecule has 4 nitrogen and oxygen atoms in total. The van der Waals surface area contributed by atoms with E-state index in [1.54, 1.807) is 6.92 Å². The second-order valence-electron chi connectivity index (χ2n) is 1.03. The van der Waals surface area contributed by atoms with E-state index >= 15 is 0 Å². The van der Waals surface area contributed by atoms with E-state index in [1.807, 2.05) is 0 Å². The molecule has 0 bridgehead atoms. The molecular formula is C4H7NaO4. The predicted octanol–water partition coefficient (Wildman–Crippen LogP) is -1.01. The van der Waals surface area contributed by atoms with Gasteiger partial charge >= 0.3 is 41.5 Å². The molecule has 9 heavy (non-hydrogen) atoms. The summed E-state index contributed by atoms with van der Waals surface area (Å²) in [6, 6.07) is 0. The van der Waals surface area contributed by atoms with Crippen LogP contribution in [0.15, 0.2) is 0 Å². The molecule has 0 aromatic heterocycles. The predicted molar refractivity (Wildman–Crippen MR) is 31.4 cm³/mol. The van der Waals surface area contributed by atoms with E-state index in [0.29, 0.717) is 0 Å². The minimum absolute atomic E-state index is 0. The summed E-state index contributed by atoms with van der Waals surface area (Å²) in [6.45, 7) is 1.64. The molecule has 0 aliphatic carbocycles. The van der Waals surface area contributed by atoms with Crippen LogP contribution < -0.4 is 0 Å². The van der Waals surface area contributed by atoms with Gasteiger partial charge in [-0.3, -0.25) is 0 Å². The molecule has 0 aromatic carbocycles. The molecule has 5 heteroatoms. The van der Waals surface area contributed by atoms with Gasteiger partial charge in [0.15, 0.2) is 0 Å². The number of carbonyl (C=O) groups excluding carboxylic acids is 1. The molecule has 0 atom stereocenters. The van der Waals surface area contributed by atoms with E-state index in [1.165, 1.54) is 0 Å². The summed E-state index contributed by atoms with van der Waals surface area (Å²) in [5, 5.41) is 7.84. The summed E-state index contributed by atoms with van der Waals surface area (Å²) in [5.41, 5.74) is 0. The van der Waals surface area contributed by atoms with Gasteiger partial charge in [0.2, 0.25) is 0 Å². The Balaban J connectivity index is 0. The van der Waals surface area contributed by atoms with Gasteiger partial charge in [-0.2, -0.15) is 0 Å². The second kappa shape index (κ2) is 6.07. The third-order valence-corrected chi connectivity index (χ3v) is 0.450. The summed E-state index contributed by atoms with van der Waals surface area (Å²) >= 11 is 0. The Morgan fingerprint density at radius 2 is 2.00 bits per heavy atom. The van der Waals surface area contributed by atoms with Crippen molar-refractivity contribution in [3.05, 3.63) is 0 Å². The standard InChI is InChI=1S/C4H6O4.Na.H/c1-2-8-4(7)3(5)6;;/h2H2,1H3,(H,5,6);;. The molecule has 0 unspecified atom stereocenters. The fraction of sp³-hybridized carbons (Fsp3) is 0.500. The van der Waals surface area contributed by atoms with E-state index in [2.05, 4.69) is 4.74 Å². The Bertz CT molecular complexity index is 111. The Kier molecular flexibility index (Phi) is 7.89. The van der Waals surface area contributed by atoms with Crippen LogP contribution in [0.5, 0.6) is 0 Å². The van der Waals surface area contributed by atoms with Crippen molar-refractivity contribution >= 4 is 41.5 Å². The molecule has 0 amide bonds. The molecule has 0 aliphatic rings. The van der Waals surface area contributed by atoms with Crippen molar-refractivity contribution in [1.29, 1.82) is 0 Å². The van der Waals surface area contributed by atoms with E-state index in [4.69, 9.17) is 5.11 Å². The van der Waals surface area contributed by atoms with Gasteiger partial charge in [-0.1, -0.05) is 0 Å². The Labute approximate surface area is 74.5 Å². The number of esters is 1. The zero-order valence-electron chi connectivity index (χ0n) is 4.38. The number of rotatable bonds is 1. The maximum atomic E-state index is 9.92. The van der Waals surface area contributed by atoms with Crippen LogP contribution in [0.2, 0.25) is 0 Å². The zero-order valence-corrected chi connectivity index (χ0v) is 4.38. The summed E-state index contributed by atoms with van der Waals surface area (Å²) in [6.07, 6.45) is 0. The van der Waals surface area contributed by atoms with Gasteiger partial charge in [-0.15, -0.1) is 0 Å². The normalized spacial score (nSPS) is 7.22. The third-order valence-electron chi connectivity index (χ3n) is 0.450. The topological polar surface area (TPSA) is 63.6 Å². The SMILES string of the molecule is CCOC(=O)C(=O)O.[NaH]. The fourth-order valence-corrected chi connectivity index (χ4v) is 0.193. The third kappa shape index (κ3) is 5.82. The summed E-state index contributed by atoms with van der Waals surface area (Å²) in [7, 11) is 0. The van der Waals surface area contributed by atoms with E-state index in [-0.39, 0.29) is 36.2 Å². The molecule has 0 rings (SSSR count). The van der Waals surface area contributed by atoms with Crippen LogP contribution in [0, 0.1) is 0 Å². The van der Waals surface area contributed by atoms with E-state index < -0.39 is 11.9 Å². The summed E-state index contributed by atoms with van der Waals surface area (Å²) in [5.74, 6) is -2.75. The fourth-order valence-electron chi connectivity index (χ4n) is 0.193. The average Bonchev–Trinajstić information content (AvgIpc) is 1.67. The first-order valence-corrected chi connectivity index (χ1v) is 2.08. The van der Waals surface area contributed by atoms with Gasteiger partial charge in [0, 0.05) is 0 Å². The molecular weight excluding hydrogens is 135 g/mol. The van der Waals surface area contributed by atoms with Gasteiger partial charge in [-0.05, 0) is 6.92 Å². The van der Waals surface area contributed by atoms with Gasteiger partial charge in [0.25, 0.3) is 0 Å². The number of hydrogen-bond acceptors (Lipinski definition) is 3. The van der Waals surface area contributed by atoms with Crippen molar-refractivity contribution in [3.63, 3.8) is 0 Å². The molecule has 0 saturated heterocycles. The van der Waals surface area contributed by atoms with Gasteiger partial charge in [-0.25, -0.2) is 9.59 Å². The molecule has 0 heterocycles. The number of hydrogen-bond donors (Lipinski definition) is 1. The number of carbonyl (C=O) groups is 2. The van der Waals surface area contributed by atoms with Crippen molar-refractivity contribution in [2.75, 3.05) is 6.61 Å². The summed E-state index contributed by atoms with van der Waals surface area (Å²) in [4.78, 5) is 19.5. The molecule has 0 aromatic rings. The van der Waals surface area contributed by atoms with Crippen LogP contribution in [0.3, 0.4) is 0 Å². The number of carboxylic acid groups (broad SMARTS) is 1. The summed E-state index contributed by atoms with van der Waals surface area (Å²) < 4.78 is 4.06. The van der Waals surface area contributed by atoms with Crippen molar-refractivity contribution in [3.8, 4) is 0 Å². The van der Waals surface area contributed by atoms with Crippen LogP contribution in [0.4, 0.5) is 0 Å². The molecule has 0 saturated carbocycles. The quantitative estimate of drug-likeness (QED) is 0.289.